The summed E-state index contributed by atoms with van der Waals surface area (Å²) in [5.41, 5.74) is -0.907. The Morgan fingerprint density at radius 1 is 0.688 bits per heavy atom. The third kappa shape index (κ3) is 9.64. The molecule has 0 aliphatic carbocycles. The summed E-state index contributed by atoms with van der Waals surface area (Å²) in [4.78, 5) is 27.4. The number of ether oxygens (including phenoxy) is 7. The Bertz CT molecular complexity index is 2330. The molecule has 22 nitrogen and oxygen atoms in total. The molecule has 64 heavy (non-hydrogen) atoms. The van der Waals surface area contributed by atoms with Crippen molar-refractivity contribution in [2.45, 2.75) is 99.0 Å². The molecular formula is C42H46O22. The Hall–Kier alpha value is -5.44. The Balaban J connectivity index is 1.21. The third-order valence-electron chi connectivity index (χ3n) is 10.8. The SMILES string of the molecule is CC1O[C@@H](OCC2O[C@@H](Oc3c(-c4ccc(O)cc4)oc4cc(O[C@@H]5OC(CO)[C@@H](O)[C@H](O)C5O)cc(O)c4c3=O)C(O)C(O)[C@H]2OC(=O)/C=C/c2ccc(O)cc2)C(O)[C@@H](O)[C@H]1O. The van der Waals surface area contributed by atoms with E-state index in [0.29, 0.717) is 5.56 Å². The smallest absolute Gasteiger partial charge is 0.331 e. The fourth-order valence-electron chi connectivity index (χ4n) is 7.20. The number of benzene rings is 3. The molecule has 3 aliphatic rings. The number of hydrogen-bond acceptors (Lipinski definition) is 22. The molecule has 0 bridgehead atoms. The highest BCUT2D eigenvalue weighted by molar-refractivity contribution is 5.88. The summed E-state index contributed by atoms with van der Waals surface area (Å²) in [5, 5.41) is 125. The van der Waals surface area contributed by atoms with E-state index in [0.717, 1.165) is 18.2 Å². The van der Waals surface area contributed by atoms with Crippen molar-refractivity contribution in [2.75, 3.05) is 13.2 Å². The van der Waals surface area contributed by atoms with Gasteiger partial charge in [0.05, 0.1) is 19.3 Å². The number of aliphatic hydroxyl groups is 9. The van der Waals surface area contributed by atoms with Crippen molar-refractivity contribution in [2.24, 2.45) is 0 Å². The highest BCUT2D eigenvalue weighted by Gasteiger charge is 2.50. The minimum absolute atomic E-state index is 0.0263. The number of fused-ring (bicyclic) bond motifs is 1. The van der Waals surface area contributed by atoms with E-state index < -0.39 is 139 Å². The second-order valence-electron chi connectivity index (χ2n) is 15.3. The van der Waals surface area contributed by atoms with Crippen LogP contribution in [-0.4, -0.2) is 173 Å². The number of hydrogen-bond donors (Lipinski definition) is 12. The fraction of sp³-hybridized carbons (Fsp3) is 0.429. The van der Waals surface area contributed by atoms with E-state index in [1.54, 1.807) is 0 Å². The van der Waals surface area contributed by atoms with Gasteiger partial charge in [0.15, 0.2) is 18.2 Å². The first-order chi connectivity index (χ1) is 30.4. The van der Waals surface area contributed by atoms with E-state index in [2.05, 4.69) is 0 Å². The Kier molecular flexibility index (Phi) is 14.1. The average molecular weight is 903 g/mol. The molecule has 7 rings (SSSR count). The third-order valence-corrected chi connectivity index (χ3v) is 10.8. The first kappa shape index (κ1) is 46.5. The second kappa shape index (κ2) is 19.3. The van der Waals surface area contributed by atoms with Crippen LogP contribution in [0.2, 0.25) is 0 Å². The normalized spacial score (nSPS) is 33.2. The molecule has 0 radical (unpaired) electrons. The molecule has 346 valence electrons. The van der Waals surface area contributed by atoms with Crippen LogP contribution in [0.5, 0.6) is 28.7 Å². The predicted octanol–water partition coefficient (Wildman–Crippen LogP) is -1.95. The van der Waals surface area contributed by atoms with Crippen molar-refractivity contribution in [3.8, 4) is 40.1 Å². The molecule has 12 N–H and O–H groups in total. The maximum Gasteiger partial charge on any atom is 0.331 e. The lowest BCUT2D eigenvalue weighted by Crippen LogP contribution is -2.62. The van der Waals surface area contributed by atoms with Crippen molar-refractivity contribution in [1.29, 1.82) is 0 Å². The summed E-state index contributed by atoms with van der Waals surface area (Å²) in [6.45, 7) is -0.0756. The van der Waals surface area contributed by atoms with Crippen molar-refractivity contribution in [3.63, 3.8) is 0 Å². The number of esters is 1. The summed E-state index contributed by atoms with van der Waals surface area (Å²) < 4.78 is 45.7. The van der Waals surface area contributed by atoms with Crippen molar-refractivity contribution in [3.05, 3.63) is 82.5 Å². The van der Waals surface area contributed by atoms with Crippen LogP contribution >= 0.6 is 0 Å². The summed E-state index contributed by atoms with van der Waals surface area (Å²) >= 11 is 0. The fourth-order valence-corrected chi connectivity index (χ4v) is 7.20. The van der Waals surface area contributed by atoms with E-state index in [1.165, 1.54) is 61.5 Å². The topological polar surface area (TPSA) is 355 Å². The molecule has 1 aromatic heterocycles. The molecule has 3 saturated heterocycles. The molecular weight excluding hydrogens is 856 g/mol. The zero-order valence-corrected chi connectivity index (χ0v) is 33.5. The van der Waals surface area contributed by atoms with Gasteiger partial charge in [-0.05, 0) is 55.0 Å². The Labute approximate surface area is 361 Å². The number of carbonyl (C=O) groups excluding carboxylic acids is 1. The standard InChI is InChI=1S/C42H46O22/c1-16-28(48)31(51)34(54)40(58-16)57-15-25-38(63-26(47)11-4-17-2-7-19(44)8-3-17)33(53)36(56)42(62-25)64-39-30(50)27-22(46)12-21(59-41-35(55)32(52)29(49)24(14-43)61-41)13-23(27)60-37(39)18-5-9-20(45)10-6-18/h2-13,16,24-25,28-29,31-36,38,40-46,48-49,51-56H,14-15H2,1H3/b11-4+/t16?,24?,25?,28-,29+,31-,32-,33?,34?,35?,36?,38-,40+,41+,42-/m0/s1. The number of rotatable bonds is 12. The molecule has 0 spiro atoms. The monoisotopic (exact) mass is 902 g/mol. The molecule has 4 aromatic rings. The predicted molar refractivity (Wildman–Crippen MR) is 212 cm³/mol. The molecule has 3 aromatic carbocycles. The van der Waals surface area contributed by atoms with Gasteiger partial charge in [0.2, 0.25) is 23.8 Å². The maximum absolute atomic E-state index is 14.3. The van der Waals surface area contributed by atoms with Gasteiger partial charge in [0, 0.05) is 23.8 Å². The summed E-state index contributed by atoms with van der Waals surface area (Å²) in [5.74, 6) is -3.47. The van der Waals surface area contributed by atoms with E-state index in [1.807, 2.05) is 0 Å². The highest BCUT2D eigenvalue weighted by Crippen LogP contribution is 2.39. The Morgan fingerprint density at radius 3 is 1.95 bits per heavy atom. The molecule has 7 unspecified atom stereocenters. The molecule has 3 fully saturated rings. The zero-order chi connectivity index (χ0) is 46.1. The zero-order valence-electron chi connectivity index (χ0n) is 33.5. The van der Waals surface area contributed by atoms with Gasteiger partial charge in [-0.15, -0.1) is 0 Å². The number of phenols is 3. The minimum Gasteiger partial charge on any atom is -0.508 e. The number of aromatic hydroxyl groups is 3. The van der Waals surface area contributed by atoms with Gasteiger partial charge in [-0.3, -0.25) is 4.79 Å². The van der Waals surface area contributed by atoms with Crippen molar-refractivity contribution in [1.82, 2.24) is 0 Å². The van der Waals surface area contributed by atoms with Gasteiger partial charge in [-0.25, -0.2) is 4.79 Å². The van der Waals surface area contributed by atoms with Crippen LogP contribution < -0.4 is 14.9 Å². The Morgan fingerprint density at radius 2 is 1.28 bits per heavy atom. The maximum atomic E-state index is 14.3. The largest absolute Gasteiger partial charge is 0.508 e. The highest BCUT2D eigenvalue weighted by atomic mass is 16.7. The molecule has 0 amide bonds. The van der Waals surface area contributed by atoms with Crippen LogP contribution in [0, 0.1) is 0 Å². The van der Waals surface area contributed by atoms with Gasteiger partial charge in [-0.1, -0.05) is 12.1 Å². The first-order valence-electron chi connectivity index (χ1n) is 19.7. The van der Waals surface area contributed by atoms with Gasteiger partial charge in [-0.2, -0.15) is 0 Å². The van der Waals surface area contributed by atoms with Gasteiger partial charge < -0.3 is 98.9 Å². The molecule has 3 aliphatic heterocycles. The molecule has 22 heteroatoms. The van der Waals surface area contributed by atoms with E-state index in [-0.39, 0.29) is 28.4 Å². The minimum atomic E-state index is -2.12. The van der Waals surface area contributed by atoms with Crippen LogP contribution in [0.15, 0.2) is 76.0 Å². The lowest BCUT2D eigenvalue weighted by atomic mass is 9.98. The van der Waals surface area contributed by atoms with Gasteiger partial charge >= 0.3 is 5.97 Å². The van der Waals surface area contributed by atoms with Crippen molar-refractivity contribution < 1.29 is 104 Å². The number of carbonyl (C=O) groups is 1. The average Bonchev–Trinajstić information content (AvgIpc) is 3.27. The van der Waals surface area contributed by atoms with E-state index in [9.17, 15) is 70.9 Å². The number of phenolic OH excluding ortho intramolecular Hbond substituents is 3. The van der Waals surface area contributed by atoms with Crippen LogP contribution in [0.3, 0.4) is 0 Å². The molecule has 15 atom stereocenters. The first-order valence-corrected chi connectivity index (χ1v) is 19.7. The van der Waals surface area contributed by atoms with E-state index in [4.69, 9.17) is 37.6 Å². The van der Waals surface area contributed by atoms with Crippen LogP contribution in [0.4, 0.5) is 0 Å². The lowest BCUT2D eigenvalue weighted by molar-refractivity contribution is -0.319. The van der Waals surface area contributed by atoms with Gasteiger partial charge in [0.1, 0.15) is 95.0 Å². The van der Waals surface area contributed by atoms with Crippen molar-refractivity contribution >= 4 is 23.0 Å². The van der Waals surface area contributed by atoms with Crippen LogP contribution in [0.1, 0.15) is 12.5 Å². The van der Waals surface area contributed by atoms with Crippen LogP contribution in [-0.2, 0) is 28.5 Å². The summed E-state index contributed by atoms with van der Waals surface area (Å²) in [6.07, 6.45) is -23.2. The lowest BCUT2D eigenvalue weighted by Gasteiger charge is -2.43. The quantitative estimate of drug-likeness (QED) is 0.0543. The van der Waals surface area contributed by atoms with Gasteiger partial charge in [0.25, 0.3) is 0 Å². The van der Waals surface area contributed by atoms with Crippen LogP contribution in [0.25, 0.3) is 28.4 Å². The summed E-state index contributed by atoms with van der Waals surface area (Å²) in [7, 11) is 0. The molecule has 0 saturated carbocycles. The summed E-state index contributed by atoms with van der Waals surface area (Å²) in [6, 6.07) is 12.8. The van der Waals surface area contributed by atoms with E-state index >= 15 is 0 Å². The number of aliphatic hydroxyl groups excluding tert-OH is 9. The second-order valence-corrected chi connectivity index (χ2v) is 15.3. The molecule has 4 heterocycles.